The standard InChI is InChI=1S/C21H20F3N3O/c1-13-2-4-16-5-7-21(25-27(16)17(8-13)12-28)26-11-15(23)10-20(26)18-9-14(22)3-6-19(18)24/h3-9,12-13,15,20H,2,10-11H2,1H3/t13-,15+,20-/m1/s1. The van der Waals surface area contributed by atoms with Crippen molar-refractivity contribution >= 4 is 12.1 Å². The second-order valence-corrected chi connectivity index (χ2v) is 7.32. The third-order valence-electron chi connectivity index (χ3n) is 5.23. The third kappa shape index (κ3) is 3.37. The molecule has 146 valence electrons. The van der Waals surface area contributed by atoms with E-state index in [1.807, 2.05) is 25.2 Å². The number of hydrogen-bond donors (Lipinski definition) is 0. The van der Waals surface area contributed by atoms with Gasteiger partial charge in [0.2, 0.25) is 0 Å². The number of rotatable bonds is 2. The summed E-state index contributed by atoms with van der Waals surface area (Å²) in [5.74, 6) is -0.559. The molecule has 3 aliphatic heterocycles. The van der Waals surface area contributed by atoms with Gasteiger partial charge in [-0.2, -0.15) is 0 Å². The second kappa shape index (κ2) is 7.30. The molecule has 3 aliphatic rings. The van der Waals surface area contributed by atoms with Gasteiger partial charge in [-0.1, -0.05) is 19.1 Å². The molecular weight excluding hydrogens is 367 g/mol. The van der Waals surface area contributed by atoms with Crippen molar-refractivity contribution in [3.63, 3.8) is 0 Å². The second-order valence-electron chi connectivity index (χ2n) is 7.32. The average Bonchev–Trinajstić information content (AvgIpc) is 2.99. The predicted molar refractivity (Wildman–Crippen MR) is 99.7 cm³/mol. The summed E-state index contributed by atoms with van der Waals surface area (Å²) in [5.41, 5.74) is 1.27. The Morgan fingerprint density at radius 3 is 2.86 bits per heavy atom. The smallest absolute Gasteiger partial charge is 0.168 e. The molecule has 0 saturated carbocycles. The van der Waals surface area contributed by atoms with E-state index in [0.717, 1.165) is 36.6 Å². The van der Waals surface area contributed by atoms with Crippen molar-refractivity contribution < 1.29 is 18.0 Å². The van der Waals surface area contributed by atoms with Gasteiger partial charge in [0, 0.05) is 12.0 Å². The van der Waals surface area contributed by atoms with Gasteiger partial charge in [-0.3, -0.25) is 4.79 Å². The molecule has 1 saturated heterocycles. The quantitative estimate of drug-likeness (QED) is 0.712. The predicted octanol–water partition coefficient (Wildman–Crippen LogP) is 4.24. The minimum Gasteiger partial charge on any atom is -0.345 e. The fraction of sp³-hybridized carbons (Fsp3) is 0.333. The molecule has 3 atom stereocenters. The first kappa shape index (κ1) is 18.5. The highest BCUT2D eigenvalue weighted by Crippen LogP contribution is 2.37. The minimum atomic E-state index is -1.19. The molecule has 0 amide bonds. The number of aldehydes is 1. The molecule has 1 fully saturated rings. The molecule has 0 unspecified atom stereocenters. The minimum absolute atomic E-state index is 0.0211. The number of alkyl halides is 1. The summed E-state index contributed by atoms with van der Waals surface area (Å²) >= 11 is 0. The van der Waals surface area contributed by atoms with Crippen molar-refractivity contribution in [1.29, 1.82) is 0 Å². The number of hydrazone groups is 1. The highest BCUT2D eigenvalue weighted by atomic mass is 19.1. The molecule has 3 heterocycles. The molecule has 0 radical (unpaired) electrons. The highest BCUT2D eigenvalue weighted by Gasteiger charge is 2.37. The number of amidine groups is 1. The number of hydrogen-bond acceptors (Lipinski definition) is 4. The van der Waals surface area contributed by atoms with Gasteiger partial charge in [-0.25, -0.2) is 18.2 Å². The fourth-order valence-electron chi connectivity index (χ4n) is 3.87. The highest BCUT2D eigenvalue weighted by molar-refractivity contribution is 5.95. The van der Waals surface area contributed by atoms with Crippen molar-refractivity contribution in [2.45, 2.75) is 32.0 Å². The maximum absolute atomic E-state index is 14.3. The van der Waals surface area contributed by atoms with E-state index in [9.17, 15) is 18.0 Å². The number of fused-ring (bicyclic) bond motifs is 1. The largest absolute Gasteiger partial charge is 0.345 e. The van der Waals surface area contributed by atoms with Gasteiger partial charge in [-0.15, -0.1) is 5.10 Å². The van der Waals surface area contributed by atoms with Crippen LogP contribution in [0.3, 0.4) is 0 Å². The number of carbonyl (C=O) groups is 1. The van der Waals surface area contributed by atoms with Crippen molar-refractivity contribution in [1.82, 2.24) is 9.91 Å². The topological polar surface area (TPSA) is 35.9 Å². The van der Waals surface area contributed by atoms with E-state index >= 15 is 0 Å². The normalized spacial score (nSPS) is 27.0. The Morgan fingerprint density at radius 1 is 1.25 bits per heavy atom. The van der Waals surface area contributed by atoms with E-state index in [0.29, 0.717) is 11.5 Å². The van der Waals surface area contributed by atoms with Crippen LogP contribution in [0.15, 0.2) is 59.0 Å². The molecular formula is C21H20F3N3O. The average molecular weight is 387 g/mol. The Kier molecular flexibility index (Phi) is 4.83. The van der Waals surface area contributed by atoms with Gasteiger partial charge in [0.1, 0.15) is 29.3 Å². The summed E-state index contributed by atoms with van der Waals surface area (Å²) in [6.45, 7) is 2.03. The molecule has 28 heavy (non-hydrogen) atoms. The van der Waals surface area contributed by atoms with Crippen LogP contribution in [0.2, 0.25) is 0 Å². The fourth-order valence-corrected chi connectivity index (χ4v) is 3.87. The Bertz CT molecular complexity index is 921. The van der Waals surface area contributed by atoms with Gasteiger partial charge < -0.3 is 4.90 Å². The molecule has 0 aromatic heterocycles. The van der Waals surface area contributed by atoms with E-state index in [2.05, 4.69) is 5.10 Å². The van der Waals surface area contributed by atoms with Crippen LogP contribution in [0.5, 0.6) is 0 Å². The summed E-state index contributed by atoms with van der Waals surface area (Å²) < 4.78 is 42.3. The Morgan fingerprint density at radius 2 is 2.07 bits per heavy atom. The number of benzene rings is 1. The number of likely N-dealkylation sites (tertiary alicyclic amines) is 1. The zero-order valence-corrected chi connectivity index (χ0v) is 15.4. The lowest BCUT2D eigenvalue weighted by molar-refractivity contribution is -0.106. The number of nitrogens with zero attached hydrogens (tertiary/aromatic N) is 3. The van der Waals surface area contributed by atoms with Crippen LogP contribution in [0, 0.1) is 17.6 Å². The van der Waals surface area contributed by atoms with E-state index < -0.39 is 23.8 Å². The molecule has 0 bridgehead atoms. The molecule has 1 aromatic rings. The number of allylic oxidation sites excluding steroid dienone is 4. The molecule has 0 spiro atoms. The molecule has 4 nitrogen and oxygen atoms in total. The molecule has 0 aliphatic carbocycles. The number of halogens is 3. The summed E-state index contributed by atoms with van der Waals surface area (Å²) in [5, 5.41) is 6.06. The van der Waals surface area contributed by atoms with Crippen molar-refractivity contribution in [2.24, 2.45) is 11.0 Å². The van der Waals surface area contributed by atoms with Crippen molar-refractivity contribution in [3.8, 4) is 0 Å². The lowest BCUT2D eigenvalue weighted by Crippen LogP contribution is -2.34. The number of carbonyl (C=O) groups excluding carboxylic acids is 1. The van der Waals surface area contributed by atoms with Gasteiger partial charge in [0.25, 0.3) is 0 Å². The Balaban J connectivity index is 1.72. The van der Waals surface area contributed by atoms with E-state index in [-0.39, 0.29) is 24.4 Å². The Labute approximate surface area is 161 Å². The van der Waals surface area contributed by atoms with Crippen molar-refractivity contribution in [2.75, 3.05) is 6.54 Å². The third-order valence-corrected chi connectivity index (χ3v) is 5.23. The van der Waals surface area contributed by atoms with Gasteiger partial charge >= 0.3 is 0 Å². The SMILES string of the molecule is C[C@H]1C=C(C=O)N2N=C(N3C[C@@H](F)C[C@@H]3c3cc(F)ccc3F)C=CC2=CC1. The van der Waals surface area contributed by atoms with Crippen LogP contribution < -0.4 is 0 Å². The van der Waals surface area contributed by atoms with Crippen LogP contribution in [0.25, 0.3) is 0 Å². The van der Waals surface area contributed by atoms with Gasteiger partial charge in [-0.05, 0) is 42.7 Å². The lowest BCUT2D eigenvalue weighted by atomic mass is 10.0. The molecule has 7 heteroatoms. The zero-order valence-electron chi connectivity index (χ0n) is 15.4. The molecule has 4 rings (SSSR count). The van der Waals surface area contributed by atoms with Crippen LogP contribution in [0.1, 0.15) is 31.4 Å². The Hall–Kier alpha value is -2.83. The monoisotopic (exact) mass is 387 g/mol. The first-order chi connectivity index (χ1) is 13.5. The maximum Gasteiger partial charge on any atom is 0.168 e. The van der Waals surface area contributed by atoms with E-state index in [1.165, 1.54) is 5.01 Å². The summed E-state index contributed by atoms with van der Waals surface area (Å²) in [4.78, 5) is 13.2. The van der Waals surface area contributed by atoms with Crippen LogP contribution >= 0.6 is 0 Å². The first-order valence-electron chi connectivity index (χ1n) is 9.26. The van der Waals surface area contributed by atoms with Crippen molar-refractivity contribution in [3.05, 3.63) is 71.1 Å². The van der Waals surface area contributed by atoms with Crippen LogP contribution in [-0.2, 0) is 4.79 Å². The van der Waals surface area contributed by atoms with Crippen LogP contribution in [0.4, 0.5) is 13.2 Å². The maximum atomic E-state index is 14.3. The van der Waals surface area contributed by atoms with E-state index in [4.69, 9.17) is 0 Å². The summed E-state index contributed by atoms with van der Waals surface area (Å²) in [6.07, 6.45) is 7.72. The van der Waals surface area contributed by atoms with Gasteiger partial charge in [0.05, 0.1) is 18.3 Å². The summed E-state index contributed by atoms with van der Waals surface area (Å²) in [6, 6.07) is 2.53. The van der Waals surface area contributed by atoms with E-state index in [1.54, 1.807) is 11.0 Å². The molecule has 0 N–H and O–H groups in total. The lowest BCUT2D eigenvalue weighted by Gasteiger charge is -2.31. The van der Waals surface area contributed by atoms with Crippen LogP contribution in [-0.4, -0.2) is 34.7 Å². The zero-order chi connectivity index (χ0) is 19.8. The summed E-state index contributed by atoms with van der Waals surface area (Å²) in [7, 11) is 0. The first-order valence-corrected chi connectivity index (χ1v) is 9.26. The molecule has 1 aromatic carbocycles. The van der Waals surface area contributed by atoms with Gasteiger partial charge in [0.15, 0.2) is 6.29 Å².